The third-order valence-corrected chi connectivity index (χ3v) is 7.78. The SMILES string of the molecule is Cc1cc2ncc3c(n2n1)CCN(C(=O)c1ccc(S(=O)(=O)N2CCCC2)cc1)C3. The van der Waals surface area contributed by atoms with Crippen LogP contribution < -0.4 is 0 Å². The maximum atomic E-state index is 13.0. The summed E-state index contributed by atoms with van der Waals surface area (Å²) in [5, 5.41) is 4.51. The van der Waals surface area contributed by atoms with Gasteiger partial charge in [0.2, 0.25) is 10.0 Å². The minimum atomic E-state index is -3.47. The van der Waals surface area contributed by atoms with Crippen molar-refractivity contribution in [3.63, 3.8) is 0 Å². The van der Waals surface area contributed by atoms with Gasteiger partial charge in [-0.25, -0.2) is 17.9 Å². The molecule has 2 aromatic heterocycles. The van der Waals surface area contributed by atoms with E-state index in [2.05, 4.69) is 10.1 Å². The van der Waals surface area contributed by atoms with Gasteiger partial charge >= 0.3 is 0 Å². The zero-order chi connectivity index (χ0) is 20.9. The molecule has 0 bridgehead atoms. The van der Waals surface area contributed by atoms with Gasteiger partial charge in [-0.3, -0.25) is 4.79 Å². The average Bonchev–Trinajstić information content (AvgIpc) is 3.42. The predicted octanol–water partition coefficient (Wildman–Crippen LogP) is 2.02. The summed E-state index contributed by atoms with van der Waals surface area (Å²) < 4.78 is 28.7. The van der Waals surface area contributed by atoms with E-state index < -0.39 is 10.0 Å². The number of rotatable bonds is 3. The number of carbonyl (C=O) groups excluding carboxylic acids is 1. The van der Waals surface area contributed by atoms with Crippen LogP contribution in [-0.2, 0) is 23.0 Å². The van der Waals surface area contributed by atoms with Crippen molar-refractivity contribution in [1.82, 2.24) is 23.8 Å². The van der Waals surface area contributed by atoms with Crippen molar-refractivity contribution < 1.29 is 13.2 Å². The summed E-state index contributed by atoms with van der Waals surface area (Å²) >= 11 is 0. The minimum Gasteiger partial charge on any atom is -0.334 e. The molecule has 1 fully saturated rings. The van der Waals surface area contributed by atoms with Crippen LogP contribution in [0.25, 0.3) is 5.65 Å². The van der Waals surface area contributed by atoms with Crippen LogP contribution >= 0.6 is 0 Å². The highest BCUT2D eigenvalue weighted by Crippen LogP contribution is 2.24. The van der Waals surface area contributed by atoms with E-state index in [1.165, 1.54) is 16.4 Å². The van der Waals surface area contributed by atoms with E-state index in [1.807, 2.05) is 23.7 Å². The van der Waals surface area contributed by atoms with Gasteiger partial charge in [0, 0.05) is 56.0 Å². The summed E-state index contributed by atoms with van der Waals surface area (Å²) in [6.45, 7) is 4.11. The minimum absolute atomic E-state index is 0.109. The van der Waals surface area contributed by atoms with Crippen LogP contribution in [0.4, 0.5) is 0 Å². The molecule has 1 saturated heterocycles. The maximum Gasteiger partial charge on any atom is 0.254 e. The van der Waals surface area contributed by atoms with Gasteiger partial charge < -0.3 is 4.90 Å². The first kappa shape index (κ1) is 19.2. The quantitative estimate of drug-likeness (QED) is 0.641. The van der Waals surface area contributed by atoms with Gasteiger partial charge in [-0.2, -0.15) is 9.40 Å². The van der Waals surface area contributed by atoms with Crippen LogP contribution in [0.15, 0.2) is 41.4 Å². The van der Waals surface area contributed by atoms with E-state index in [-0.39, 0.29) is 10.8 Å². The fraction of sp³-hybridized carbons (Fsp3) is 0.381. The first-order valence-corrected chi connectivity index (χ1v) is 11.6. The number of benzene rings is 1. The summed E-state index contributed by atoms with van der Waals surface area (Å²) in [4.78, 5) is 19.5. The normalized spacial score (nSPS) is 17.4. The van der Waals surface area contributed by atoms with Gasteiger partial charge in [-0.1, -0.05) is 0 Å². The summed E-state index contributed by atoms with van der Waals surface area (Å²) in [6.07, 6.45) is 4.30. The molecule has 1 amide bonds. The van der Waals surface area contributed by atoms with Gasteiger partial charge in [-0.05, 0) is 44.0 Å². The molecule has 9 heteroatoms. The molecule has 4 heterocycles. The number of aryl methyl sites for hydroxylation is 1. The highest BCUT2D eigenvalue weighted by molar-refractivity contribution is 7.89. The molecule has 0 radical (unpaired) electrons. The highest BCUT2D eigenvalue weighted by atomic mass is 32.2. The van der Waals surface area contributed by atoms with Crippen molar-refractivity contribution in [1.29, 1.82) is 0 Å². The van der Waals surface area contributed by atoms with Gasteiger partial charge in [0.05, 0.1) is 16.3 Å². The zero-order valence-electron chi connectivity index (χ0n) is 16.8. The van der Waals surface area contributed by atoms with E-state index in [0.717, 1.165) is 35.4 Å². The number of hydrogen-bond donors (Lipinski definition) is 0. The van der Waals surface area contributed by atoms with Crippen molar-refractivity contribution >= 4 is 21.6 Å². The molecule has 0 atom stereocenters. The van der Waals surface area contributed by atoms with E-state index in [1.54, 1.807) is 17.0 Å². The second-order valence-electron chi connectivity index (χ2n) is 7.90. The number of carbonyl (C=O) groups is 1. The van der Waals surface area contributed by atoms with Crippen molar-refractivity contribution in [3.8, 4) is 0 Å². The van der Waals surface area contributed by atoms with Crippen LogP contribution in [0.3, 0.4) is 0 Å². The Balaban J connectivity index is 1.36. The van der Waals surface area contributed by atoms with Gasteiger partial charge in [0.1, 0.15) is 0 Å². The van der Waals surface area contributed by atoms with E-state index in [0.29, 0.717) is 38.2 Å². The lowest BCUT2D eigenvalue weighted by atomic mass is 10.1. The smallest absolute Gasteiger partial charge is 0.254 e. The molecule has 5 rings (SSSR count). The van der Waals surface area contributed by atoms with Gasteiger partial charge in [0.25, 0.3) is 5.91 Å². The lowest BCUT2D eigenvalue weighted by Gasteiger charge is -2.29. The number of aromatic nitrogens is 3. The van der Waals surface area contributed by atoms with Crippen molar-refractivity contribution in [3.05, 3.63) is 59.0 Å². The Bertz CT molecular complexity index is 1230. The molecular formula is C21H23N5O3S. The predicted molar refractivity (Wildman–Crippen MR) is 111 cm³/mol. The zero-order valence-corrected chi connectivity index (χ0v) is 17.6. The van der Waals surface area contributed by atoms with Gasteiger partial charge in [-0.15, -0.1) is 0 Å². The maximum absolute atomic E-state index is 13.0. The van der Waals surface area contributed by atoms with E-state index in [9.17, 15) is 13.2 Å². The third-order valence-electron chi connectivity index (χ3n) is 5.86. The molecular weight excluding hydrogens is 402 g/mol. The van der Waals surface area contributed by atoms with Crippen LogP contribution in [0.1, 0.15) is 40.2 Å². The summed E-state index contributed by atoms with van der Waals surface area (Å²) in [7, 11) is -3.47. The number of hydrogen-bond acceptors (Lipinski definition) is 5. The molecule has 1 aromatic carbocycles. The van der Waals surface area contributed by atoms with E-state index in [4.69, 9.17) is 0 Å². The lowest BCUT2D eigenvalue weighted by molar-refractivity contribution is 0.0732. The fourth-order valence-electron chi connectivity index (χ4n) is 4.26. The first-order valence-electron chi connectivity index (χ1n) is 10.2. The third kappa shape index (κ3) is 3.18. The number of nitrogens with zero attached hydrogens (tertiary/aromatic N) is 5. The molecule has 0 aliphatic carbocycles. The Morgan fingerprint density at radius 3 is 2.53 bits per heavy atom. The molecule has 0 spiro atoms. The topological polar surface area (TPSA) is 87.9 Å². The average molecular weight is 426 g/mol. The number of fused-ring (bicyclic) bond motifs is 3. The van der Waals surface area contributed by atoms with Gasteiger partial charge in [0.15, 0.2) is 5.65 Å². The van der Waals surface area contributed by atoms with E-state index >= 15 is 0 Å². The Morgan fingerprint density at radius 1 is 1.07 bits per heavy atom. The van der Waals surface area contributed by atoms with Crippen LogP contribution in [-0.4, -0.2) is 57.8 Å². The molecule has 2 aliphatic heterocycles. The Kier molecular flexibility index (Phi) is 4.59. The monoisotopic (exact) mass is 425 g/mol. The Morgan fingerprint density at radius 2 is 1.80 bits per heavy atom. The second-order valence-corrected chi connectivity index (χ2v) is 9.84. The largest absolute Gasteiger partial charge is 0.334 e. The molecule has 0 N–H and O–H groups in total. The molecule has 8 nitrogen and oxygen atoms in total. The first-order chi connectivity index (χ1) is 14.4. The van der Waals surface area contributed by atoms with Crippen LogP contribution in [0.5, 0.6) is 0 Å². The summed E-state index contributed by atoms with van der Waals surface area (Å²) in [5.74, 6) is -0.109. The Labute approximate surface area is 175 Å². The van der Waals surface area contributed by atoms with Crippen LogP contribution in [0.2, 0.25) is 0 Å². The molecule has 3 aromatic rings. The molecule has 30 heavy (non-hydrogen) atoms. The number of amides is 1. The molecule has 0 unspecified atom stereocenters. The van der Waals surface area contributed by atoms with Crippen LogP contribution in [0, 0.1) is 6.92 Å². The van der Waals surface area contributed by atoms with Crippen molar-refractivity contribution in [2.45, 2.75) is 37.6 Å². The van der Waals surface area contributed by atoms with Crippen molar-refractivity contribution in [2.75, 3.05) is 19.6 Å². The Hall–Kier alpha value is -2.78. The molecule has 156 valence electrons. The lowest BCUT2D eigenvalue weighted by Crippen LogP contribution is -2.37. The number of sulfonamides is 1. The molecule has 2 aliphatic rings. The molecule has 0 saturated carbocycles. The van der Waals surface area contributed by atoms with Crippen molar-refractivity contribution in [2.24, 2.45) is 0 Å². The second kappa shape index (κ2) is 7.17. The highest BCUT2D eigenvalue weighted by Gasteiger charge is 2.28. The fourth-order valence-corrected chi connectivity index (χ4v) is 5.78. The summed E-state index contributed by atoms with van der Waals surface area (Å²) in [5.41, 5.74) is 4.30. The summed E-state index contributed by atoms with van der Waals surface area (Å²) in [6, 6.07) is 8.24. The standard InChI is InChI=1S/C21H23N5O3S/c1-15-12-20-22-13-17-14-24(11-8-19(17)26(20)23-15)21(27)16-4-6-18(7-5-16)30(28,29)25-9-2-3-10-25/h4-7,12-13H,2-3,8-11,14H2,1H3.